The molecule has 1 aliphatic carbocycles. The van der Waals surface area contributed by atoms with Crippen LogP contribution in [0, 0.1) is 0 Å². The minimum Gasteiger partial charge on any atom is -0.455 e. The van der Waals surface area contributed by atoms with Gasteiger partial charge in [-0.1, -0.05) is 117 Å². The van der Waals surface area contributed by atoms with E-state index in [4.69, 9.17) is 19.4 Å². The van der Waals surface area contributed by atoms with Gasteiger partial charge in [0.1, 0.15) is 11.2 Å². The number of benzene rings is 6. The predicted octanol–water partition coefficient (Wildman–Crippen LogP) is 10.2. The van der Waals surface area contributed by atoms with Gasteiger partial charge in [0.2, 0.25) is 0 Å². The Morgan fingerprint density at radius 3 is 1.95 bits per heavy atom. The van der Waals surface area contributed by atoms with Crippen molar-refractivity contribution in [3.8, 4) is 45.3 Å². The van der Waals surface area contributed by atoms with Gasteiger partial charge < -0.3 is 4.42 Å². The SMILES string of the molecule is CC1(C)c2ccccc2-c2ccc(-c3nc(-c4ccccc4)nc(-c4ccc5ccc6c7ccccc7oc6c5c4)n3)cc21. The van der Waals surface area contributed by atoms with Crippen molar-refractivity contribution in [2.24, 2.45) is 0 Å². The zero-order valence-electron chi connectivity index (χ0n) is 24.4. The highest BCUT2D eigenvalue weighted by atomic mass is 16.3. The highest BCUT2D eigenvalue weighted by Gasteiger charge is 2.35. The molecule has 2 heterocycles. The second-order valence-electron chi connectivity index (χ2n) is 12.1. The minimum atomic E-state index is -0.115. The molecule has 6 aromatic carbocycles. The maximum Gasteiger partial charge on any atom is 0.164 e. The van der Waals surface area contributed by atoms with Gasteiger partial charge in [-0.25, -0.2) is 15.0 Å². The number of para-hydroxylation sites is 1. The molecule has 0 atom stereocenters. The average Bonchev–Trinajstić information content (AvgIpc) is 3.57. The van der Waals surface area contributed by atoms with Gasteiger partial charge >= 0.3 is 0 Å². The number of fused-ring (bicyclic) bond motifs is 8. The fourth-order valence-corrected chi connectivity index (χ4v) is 6.84. The highest BCUT2D eigenvalue weighted by molar-refractivity contribution is 6.15. The van der Waals surface area contributed by atoms with E-state index in [0.717, 1.165) is 49.4 Å². The summed E-state index contributed by atoms with van der Waals surface area (Å²) in [5.74, 6) is 1.94. The predicted molar refractivity (Wildman–Crippen MR) is 178 cm³/mol. The van der Waals surface area contributed by atoms with Crippen LogP contribution in [-0.2, 0) is 5.41 Å². The van der Waals surface area contributed by atoms with E-state index >= 15 is 0 Å². The molecule has 44 heavy (non-hydrogen) atoms. The highest BCUT2D eigenvalue weighted by Crippen LogP contribution is 2.49. The van der Waals surface area contributed by atoms with E-state index in [1.165, 1.54) is 22.3 Å². The molecule has 0 bridgehead atoms. The zero-order valence-corrected chi connectivity index (χ0v) is 24.4. The first-order valence-electron chi connectivity index (χ1n) is 15.0. The van der Waals surface area contributed by atoms with Crippen LogP contribution in [0.25, 0.3) is 78.0 Å². The summed E-state index contributed by atoms with van der Waals surface area (Å²) in [7, 11) is 0. The van der Waals surface area contributed by atoms with Crippen molar-refractivity contribution < 1.29 is 4.42 Å². The number of rotatable bonds is 3. The molecule has 0 aliphatic heterocycles. The van der Waals surface area contributed by atoms with Crippen molar-refractivity contribution in [2.75, 3.05) is 0 Å². The van der Waals surface area contributed by atoms with E-state index < -0.39 is 0 Å². The Morgan fingerprint density at radius 2 is 1.11 bits per heavy atom. The Labute approximate surface area is 254 Å². The molecule has 9 rings (SSSR count). The summed E-state index contributed by atoms with van der Waals surface area (Å²) in [6, 6.07) is 44.3. The van der Waals surface area contributed by atoms with Crippen LogP contribution < -0.4 is 0 Å². The molecular weight excluding hydrogens is 538 g/mol. The van der Waals surface area contributed by atoms with Crippen LogP contribution in [0.15, 0.2) is 132 Å². The normalized spacial score (nSPS) is 13.4. The average molecular weight is 566 g/mol. The molecule has 0 fully saturated rings. The van der Waals surface area contributed by atoms with Crippen LogP contribution in [0.5, 0.6) is 0 Å². The van der Waals surface area contributed by atoms with Gasteiger partial charge in [-0.15, -0.1) is 0 Å². The second-order valence-corrected chi connectivity index (χ2v) is 12.1. The first-order chi connectivity index (χ1) is 21.5. The molecular formula is C40H27N3O. The van der Waals surface area contributed by atoms with Gasteiger partial charge in [-0.05, 0) is 51.9 Å². The van der Waals surface area contributed by atoms with E-state index in [1.807, 2.05) is 48.5 Å². The molecule has 2 aromatic heterocycles. The van der Waals surface area contributed by atoms with Crippen molar-refractivity contribution in [1.29, 1.82) is 0 Å². The van der Waals surface area contributed by atoms with E-state index in [2.05, 4.69) is 92.7 Å². The Morgan fingerprint density at radius 1 is 0.477 bits per heavy atom. The minimum absolute atomic E-state index is 0.115. The van der Waals surface area contributed by atoms with Crippen molar-refractivity contribution in [2.45, 2.75) is 19.3 Å². The lowest BCUT2D eigenvalue weighted by Crippen LogP contribution is -2.15. The van der Waals surface area contributed by atoms with Gasteiger partial charge in [0, 0.05) is 38.3 Å². The lowest BCUT2D eigenvalue weighted by molar-refractivity contribution is 0.660. The fourth-order valence-electron chi connectivity index (χ4n) is 6.84. The lowest BCUT2D eigenvalue weighted by atomic mass is 9.82. The summed E-state index contributed by atoms with van der Waals surface area (Å²) >= 11 is 0. The van der Waals surface area contributed by atoms with Gasteiger partial charge in [-0.2, -0.15) is 0 Å². The summed E-state index contributed by atoms with van der Waals surface area (Å²) in [5, 5.41) is 4.37. The van der Waals surface area contributed by atoms with E-state index in [-0.39, 0.29) is 5.41 Å². The van der Waals surface area contributed by atoms with Crippen LogP contribution >= 0.6 is 0 Å². The standard InChI is InChI=1S/C40H27N3O/c1-40(2)33-14-8-6-12-28(33)29-20-19-27(23-34(29)40)39-42-37(25-10-4-3-5-11-25)41-38(43-39)26-17-16-24-18-21-31-30-13-7-9-15-35(30)44-36(31)32(24)22-26/h3-23H,1-2H3. The molecule has 208 valence electrons. The Bertz CT molecular complexity index is 2420. The quantitative estimate of drug-likeness (QED) is 0.214. The first kappa shape index (κ1) is 24.9. The van der Waals surface area contributed by atoms with Crippen LogP contribution in [0.4, 0.5) is 0 Å². The largest absolute Gasteiger partial charge is 0.455 e. The molecule has 8 aromatic rings. The number of furan rings is 1. The fraction of sp³-hybridized carbons (Fsp3) is 0.0750. The van der Waals surface area contributed by atoms with Crippen molar-refractivity contribution in [3.63, 3.8) is 0 Å². The maximum absolute atomic E-state index is 6.38. The van der Waals surface area contributed by atoms with Gasteiger partial charge in [0.25, 0.3) is 0 Å². The zero-order chi connectivity index (χ0) is 29.4. The van der Waals surface area contributed by atoms with Crippen molar-refractivity contribution >= 4 is 32.7 Å². The molecule has 0 radical (unpaired) electrons. The Kier molecular flexibility index (Phi) is 5.21. The number of aromatic nitrogens is 3. The smallest absolute Gasteiger partial charge is 0.164 e. The Balaban J connectivity index is 1.25. The topological polar surface area (TPSA) is 51.8 Å². The summed E-state index contributed by atoms with van der Waals surface area (Å²) in [6.45, 7) is 4.59. The van der Waals surface area contributed by atoms with Crippen molar-refractivity contribution in [1.82, 2.24) is 15.0 Å². The second kappa shape index (κ2) is 9.19. The van der Waals surface area contributed by atoms with E-state index in [1.54, 1.807) is 0 Å². The molecule has 0 saturated carbocycles. The van der Waals surface area contributed by atoms with Gasteiger partial charge in [0.15, 0.2) is 17.5 Å². The van der Waals surface area contributed by atoms with Crippen LogP contribution in [0.3, 0.4) is 0 Å². The van der Waals surface area contributed by atoms with Gasteiger partial charge in [0.05, 0.1) is 0 Å². The summed E-state index contributed by atoms with van der Waals surface area (Å²) in [4.78, 5) is 15.1. The first-order valence-corrected chi connectivity index (χ1v) is 15.0. The van der Waals surface area contributed by atoms with E-state index in [0.29, 0.717) is 17.5 Å². The number of nitrogens with zero attached hydrogens (tertiary/aromatic N) is 3. The van der Waals surface area contributed by atoms with Crippen LogP contribution in [-0.4, -0.2) is 15.0 Å². The monoisotopic (exact) mass is 565 g/mol. The van der Waals surface area contributed by atoms with E-state index in [9.17, 15) is 0 Å². The molecule has 0 saturated heterocycles. The summed E-state index contributed by atoms with van der Waals surface area (Å²) < 4.78 is 6.38. The summed E-state index contributed by atoms with van der Waals surface area (Å²) in [5.41, 5.74) is 9.71. The number of hydrogen-bond donors (Lipinski definition) is 0. The Hall–Kier alpha value is -5.61. The number of hydrogen-bond acceptors (Lipinski definition) is 4. The lowest BCUT2D eigenvalue weighted by Gasteiger charge is -2.21. The molecule has 0 N–H and O–H groups in total. The summed E-state index contributed by atoms with van der Waals surface area (Å²) in [6.07, 6.45) is 0. The van der Waals surface area contributed by atoms with Crippen LogP contribution in [0.2, 0.25) is 0 Å². The third-order valence-electron chi connectivity index (χ3n) is 9.13. The third kappa shape index (κ3) is 3.67. The van der Waals surface area contributed by atoms with Crippen molar-refractivity contribution in [3.05, 3.63) is 139 Å². The van der Waals surface area contributed by atoms with Crippen LogP contribution in [0.1, 0.15) is 25.0 Å². The molecule has 1 aliphatic rings. The van der Waals surface area contributed by atoms with Gasteiger partial charge in [-0.3, -0.25) is 0 Å². The molecule has 4 nitrogen and oxygen atoms in total. The molecule has 0 spiro atoms. The third-order valence-corrected chi connectivity index (χ3v) is 9.13. The molecule has 0 unspecified atom stereocenters. The molecule has 4 heteroatoms. The molecule has 0 amide bonds. The maximum atomic E-state index is 6.38.